The second-order valence-electron chi connectivity index (χ2n) is 5.90. The quantitative estimate of drug-likeness (QED) is 0.456. The fourth-order valence-electron chi connectivity index (χ4n) is 2.82. The Morgan fingerprint density at radius 2 is 1.67 bits per heavy atom. The van der Waals surface area contributed by atoms with E-state index in [9.17, 15) is 9.90 Å². The first-order valence-electron chi connectivity index (χ1n) is 8.24. The van der Waals surface area contributed by atoms with Crippen LogP contribution < -0.4 is 5.32 Å². The van der Waals surface area contributed by atoms with E-state index in [0.29, 0.717) is 17.3 Å². The molecule has 2 N–H and O–H groups in total. The summed E-state index contributed by atoms with van der Waals surface area (Å²) >= 11 is 3.48. The summed E-state index contributed by atoms with van der Waals surface area (Å²) in [6.45, 7) is 0. The van der Waals surface area contributed by atoms with Crippen molar-refractivity contribution in [2.75, 3.05) is 5.32 Å². The maximum atomic E-state index is 11.5. The van der Waals surface area contributed by atoms with E-state index in [-0.39, 0.29) is 5.56 Å². The molecular weight excluding hydrogens is 406 g/mol. The van der Waals surface area contributed by atoms with Gasteiger partial charge in [0, 0.05) is 15.4 Å². The topological polar surface area (TPSA) is 75.1 Å². The molecule has 27 heavy (non-hydrogen) atoms. The molecule has 4 rings (SSSR count). The fraction of sp³-hybridized carbons (Fsp3) is 0. The number of fused-ring (bicyclic) bond motifs is 1. The summed E-state index contributed by atoms with van der Waals surface area (Å²) in [5, 5.41) is 13.4. The number of carboxylic acid groups (broad SMARTS) is 1. The minimum atomic E-state index is -0.999. The zero-order chi connectivity index (χ0) is 18.8. The molecule has 0 aliphatic heterocycles. The van der Waals surface area contributed by atoms with E-state index in [1.54, 1.807) is 24.3 Å². The Morgan fingerprint density at radius 3 is 2.44 bits per heavy atom. The number of hydrogen-bond acceptors (Lipinski definition) is 4. The molecule has 0 aliphatic rings. The number of rotatable bonds is 4. The molecule has 0 spiro atoms. The van der Waals surface area contributed by atoms with Crippen LogP contribution in [-0.4, -0.2) is 21.0 Å². The minimum absolute atomic E-state index is 0.181. The van der Waals surface area contributed by atoms with Crippen LogP contribution in [0, 0.1) is 0 Å². The van der Waals surface area contributed by atoms with Gasteiger partial charge >= 0.3 is 5.97 Å². The van der Waals surface area contributed by atoms with E-state index >= 15 is 0 Å². The molecule has 4 aromatic rings. The summed E-state index contributed by atoms with van der Waals surface area (Å²) in [7, 11) is 0. The lowest BCUT2D eigenvalue weighted by Crippen LogP contribution is -2.05. The molecule has 0 aliphatic carbocycles. The van der Waals surface area contributed by atoms with E-state index in [2.05, 4.69) is 31.2 Å². The van der Waals surface area contributed by atoms with Gasteiger partial charge in [0.15, 0.2) is 5.82 Å². The molecule has 1 heterocycles. The number of hydrogen-bond donors (Lipinski definition) is 2. The molecule has 1 aromatic heterocycles. The molecule has 0 unspecified atom stereocenters. The maximum absolute atomic E-state index is 11.5. The van der Waals surface area contributed by atoms with Crippen LogP contribution in [0.5, 0.6) is 0 Å². The number of nitrogens with one attached hydrogen (secondary N) is 1. The lowest BCUT2D eigenvalue weighted by atomic mass is 10.1. The molecular formula is C21H14BrN3O2. The number of halogens is 1. The zero-order valence-corrected chi connectivity index (χ0v) is 15.6. The molecule has 0 amide bonds. The van der Waals surface area contributed by atoms with Gasteiger partial charge in [-0.3, -0.25) is 0 Å². The predicted octanol–water partition coefficient (Wildman–Crippen LogP) is 5.50. The van der Waals surface area contributed by atoms with Gasteiger partial charge in [0.05, 0.1) is 16.8 Å². The van der Waals surface area contributed by atoms with Gasteiger partial charge in [-0.2, -0.15) is 0 Å². The smallest absolute Gasteiger partial charge is 0.337 e. The predicted molar refractivity (Wildman–Crippen MR) is 109 cm³/mol. The van der Waals surface area contributed by atoms with Gasteiger partial charge in [0.2, 0.25) is 0 Å². The number of carboxylic acids is 1. The van der Waals surface area contributed by atoms with Crippen molar-refractivity contribution in [2.24, 2.45) is 0 Å². The van der Waals surface area contributed by atoms with E-state index in [0.717, 1.165) is 20.9 Å². The summed E-state index contributed by atoms with van der Waals surface area (Å²) < 4.78 is 0.889. The average molecular weight is 420 g/mol. The first-order valence-corrected chi connectivity index (χ1v) is 9.03. The van der Waals surface area contributed by atoms with Crippen molar-refractivity contribution in [3.8, 4) is 11.4 Å². The highest BCUT2D eigenvalue weighted by atomic mass is 79.9. The SMILES string of the molecule is O=C(O)c1ccccc1Nc1nc(-c2ccccc2)nc2ccc(Br)cc12. The van der Waals surface area contributed by atoms with Crippen LogP contribution >= 0.6 is 15.9 Å². The van der Waals surface area contributed by atoms with Gasteiger partial charge in [0.1, 0.15) is 5.82 Å². The van der Waals surface area contributed by atoms with Crippen molar-refractivity contribution < 1.29 is 9.90 Å². The Labute approximate surface area is 163 Å². The van der Waals surface area contributed by atoms with Gasteiger partial charge in [-0.05, 0) is 30.3 Å². The summed E-state index contributed by atoms with van der Waals surface area (Å²) in [6, 6.07) is 22.2. The Morgan fingerprint density at radius 1 is 0.926 bits per heavy atom. The third-order valence-electron chi connectivity index (χ3n) is 4.10. The highest BCUT2D eigenvalue weighted by molar-refractivity contribution is 9.10. The van der Waals surface area contributed by atoms with Crippen LogP contribution in [0.4, 0.5) is 11.5 Å². The van der Waals surface area contributed by atoms with Crippen molar-refractivity contribution in [2.45, 2.75) is 0 Å². The van der Waals surface area contributed by atoms with Gasteiger partial charge in [-0.15, -0.1) is 0 Å². The molecule has 0 atom stereocenters. The monoisotopic (exact) mass is 419 g/mol. The molecule has 0 saturated carbocycles. The van der Waals surface area contributed by atoms with E-state index in [1.165, 1.54) is 0 Å². The van der Waals surface area contributed by atoms with Crippen LogP contribution in [0.3, 0.4) is 0 Å². The zero-order valence-electron chi connectivity index (χ0n) is 14.1. The van der Waals surface area contributed by atoms with Crippen LogP contribution in [0.1, 0.15) is 10.4 Å². The third kappa shape index (κ3) is 3.52. The summed E-state index contributed by atoms with van der Waals surface area (Å²) in [5.74, 6) is 0.121. The van der Waals surface area contributed by atoms with Crippen molar-refractivity contribution >= 4 is 44.3 Å². The van der Waals surface area contributed by atoms with Gasteiger partial charge in [-0.1, -0.05) is 58.4 Å². The number of carbonyl (C=O) groups is 1. The molecule has 0 saturated heterocycles. The molecule has 132 valence electrons. The number of anilines is 2. The molecule has 0 fully saturated rings. The molecule has 0 bridgehead atoms. The van der Waals surface area contributed by atoms with E-state index in [1.807, 2.05) is 48.5 Å². The standard InChI is InChI=1S/C21H14BrN3O2/c22-14-10-11-18-16(12-14)20(24-17-9-5-4-8-15(17)21(26)27)25-19(23-18)13-6-2-1-3-7-13/h1-12H,(H,26,27)(H,23,24,25). The van der Waals surface area contributed by atoms with E-state index in [4.69, 9.17) is 0 Å². The molecule has 6 heteroatoms. The third-order valence-corrected chi connectivity index (χ3v) is 4.59. The largest absolute Gasteiger partial charge is 0.478 e. The second kappa shape index (κ2) is 7.17. The van der Waals surface area contributed by atoms with Gasteiger partial charge in [0.25, 0.3) is 0 Å². The van der Waals surface area contributed by atoms with Crippen molar-refractivity contribution in [1.29, 1.82) is 0 Å². The molecule has 0 radical (unpaired) electrons. The van der Waals surface area contributed by atoms with Crippen LogP contribution in [0.2, 0.25) is 0 Å². The highest BCUT2D eigenvalue weighted by Gasteiger charge is 2.14. The minimum Gasteiger partial charge on any atom is -0.478 e. The second-order valence-corrected chi connectivity index (χ2v) is 6.81. The highest BCUT2D eigenvalue weighted by Crippen LogP contribution is 2.30. The Bertz CT molecular complexity index is 1150. The van der Waals surface area contributed by atoms with Crippen molar-refractivity contribution in [3.05, 3.63) is 82.8 Å². The van der Waals surface area contributed by atoms with Crippen molar-refractivity contribution in [3.63, 3.8) is 0 Å². The van der Waals surface area contributed by atoms with Gasteiger partial charge in [-0.25, -0.2) is 14.8 Å². The lowest BCUT2D eigenvalue weighted by Gasteiger charge is -2.13. The van der Waals surface area contributed by atoms with Crippen molar-refractivity contribution in [1.82, 2.24) is 9.97 Å². The number of benzene rings is 3. The Kier molecular flexibility index (Phi) is 4.56. The lowest BCUT2D eigenvalue weighted by molar-refractivity contribution is 0.0698. The normalized spacial score (nSPS) is 10.7. The fourth-order valence-corrected chi connectivity index (χ4v) is 3.18. The van der Waals surface area contributed by atoms with Crippen LogP contribution in [-0.2, 0) is 0 Å². The van der Waals surface area contributed by atoms with Crippen LogP contribution in [0.15, 0.2) is 77.3 Å². The molecule has 3 aromatic carbocycles. The summed E-state index contributed by atoms with van der Waals surface area (Å²) in [4.78, 5) is 20.9. The average Bonchev–Trinajstić information content (AvgIpc) is 2.69. The Balaban J connectivity index is 1.91. The first kappa shape index (κ1) is 17.2. The summed E-state index contributed by atoms with van der Waals surface area (Å²) in [6.07, 6.45) is 0. The number of para-hydroxylation sites is 1. The number of aromatic carboxylic acids is 1. The number of aromatic nitrogens is 2. The van der Waals surface area contributed by atoms with Crippen LogP contribution in [0.25, 0.3) is 22.3 Å². The first-order chi connectivity index (χ1) is 13.1. The van der Waals surface area contributed by atoms with E-state index < -0.39 is 5.97 Å². The molecule has 5 nitrogen and oxygen atoms in total. The Hall–Kier alpha value is -3.25. The van der Waals surface area contributed by atoms with Gasteiger partial charge < -0.3 is 10.4 Å². The maximum Gasteiger partial charge on any atom is 0.337 e. The number of nitrogens with zero attached hydrogens (tertiary/aromatic N) is 2. The summed E-state index contributed by atoms with van der Waals surface area (Å²) in [5.41, 5.74) is 2.31.